The van der Waals surface area contributed by atoms with Gasteiger partial charge in [0.25, 0.3) is 0 Å². The van der Waals surface area contributed by atoms with Crippen LogP contribution in [-0.4, -0.2) is 61.5 Å². The first-order valence-electron chi connectivity index (χ1n) is 9.88. The molecular formula is C21H19FN4O4S2. The van der Waals surface area contributed by atoms with Crippen molar-refractivity contribution in [3.63, 3.8) is 0 Å². The fourth-order valence-corrected chi connectivity index (χ4v) is 6.31. The van der Waals surface area contributed by atoms with Gasteiger partial charge in [-0.1, -0.05) is 12.1 Å². The first-order chi connectivity index (χ1) is 15.4. The minimum absolute atomic E-state index is 0.0251. The number of amidine groups is 1. The molecule has 0 aliphatic carbocycles. The van der Waals surface area contributed by atoms with E-state index in [-0.39, 0.29) is 50.0 Å². The van der Waals surface area contributed by atoms with Crippen LogP contribution < -0.4 is 4.90 Å². The highest BCUT2D eigenvalue weighted by Crippen LogP contribution is 2.36. The highest BCUT2D eigenvalue weighted by molar-refractivity contribution is 7.89. The second-order valence-corrected chi connectivity index (χ2v) is 10.3. The number of rotatable bonds is 4. The highest BCUT2D eigenvalue weighted by Gasteiger charge is 2.34. The molecule has 3 aromatic rings. The molecule has 0 atom stereocenters. The van der Waals surface area contributed by atoms with E-state index in [4.69, 9.17) is 10.1 Å². The van der Waals surface area contributed by atoms with Gasteiger partial charge in [-0.2, -0.15) is 4.31 Å². The molecule has 8 nitrogen and oxygen atoms in total. The number of nitrogens with one attached hydrogen (secondary N) is 1. The maximum atomic E-state index is 14.6. The largest absolute Gasteiger partial charge is 0.510 e. The second-order valence-electron chi connectivity index (χ2n) is 7.37. The molecule has 32 heavy (non-hydrogen) atoms. The number of hydrogen-bond acceptors (Lipinski definition) is 7. The predicted octanol–water partition coefficient (Wildman–Crippen LogP) is 3.22. The summed E-state index contributed by atoms with van der Waals surface area (Å²) in [5.41, 5.74) is 1.35. The Labute approximate surface area is 187 Å². The zero-order chi connectivity index (χ0) is 22.5. The number of ether oxygens (including phenoxy) is 1. The van der Waals surface area contributed by atoms with Gasteiger partial charge in [0.05, 0.1) is 35.5 Å². The quantitative estimate of drug-likeness (QED) is 0.601. The van der Waals surface area contributed by atoms with Gasteiger partial charge in [-0.05, 0) is 30.3 Å². The van der Waals surface area contributed by atoms with Crippen LogP contribution in [0.2, 0.25) is 0 Å². The molecular weight excluding hydrogens is 455 g/mol. The maximum Gasteiger partial charge on any atom is 0.246 e. The van der Waals surface area contributed by atoms with Crippen LogP contribution in [0.1, 0.15) is 5.01 Å². The van der Waals surface area contributed by atoms with Gasteiger partial charge in [-0.15, -0.1) is 11.3 Å². The van der Waals surface area contributed by atoms with E-state index in [2.05, 4.69) is 4.98 Å². The van der Waals surface area contributed by atoms with Crippen molar-refractivity contribution in [2.24, 2.45) is 0 Å². The molecule has 2 aliphatic rings. The molecule has 2 aliphatic heterocycles. The van der Waals surface area contributed by atoms with Crippen molar-refractivity contribution in [3.8, 4) is 0 Å². The Morgan fingerprint density at radius 2 is 1.91 bits per heavy atom. The molecule has 2 aromatic carbocycles. The number of aromatic nitrogens is 1. The number of para-hydroxylation sites is 1. The van der Waals surface area contributed by atoms with E-state index in [9.17, 15) is 17.9 Å². The lowest BCUT2D eigenvalue weighted by molar-refractivity contribution is 0.0729. The third-order valence-corrected chi connectivity index (χ3v) is 8.39. The average Bonchev–Trinajstić information content (AvgIpc) is 3.34. The van der Waals surface area contributed by atoms with E-state index >= 15 is 0 Å². The van der Waals surface area contributed by atoms with Crippen LogP contribution in [0.15, 0.2) is 53.1 Å². The zero-order valence-corrected chi connectivity index (χ0v) is 18.4. The van der Waals surface area contributed by atoms with Crippen molar-refractivity contribution in [2.75, 3.05) is 37.7 Å². The number of thiazole rings is 1. The molecule has 11 heteroatoms. The fourth-order valence-electron chi connectivity index (χ4n) is 3.79. The van der Waals surface area contributed by atoms with Gasteiger partial charge < -0.3 is 14.7 Å². The van der Waals surface area contributed by atoms with Gasteiger partial charge in [-0.3, -0.25) is 5.41 Å². The number of aliphatic hydroxyl groups excluding tert-OH is 1. The number of morpholine rings is 1. The molecule has 0 amide bonds. The molecule has 3 heterocycles. The third kappa shape index (κ3) is 3.47. The lowest BCUT2D eigenvalue weighted by atomic mass is 10.2. The van der Waals surface area contributed by atoms with Crippen molar-refractivity contribution in [1.82, 2.24) is 9.29 Å². The van der Waals surface area contributed by atoms with Crippen LogP contribution in [0.25, 0.3) is 15.8 Å². The van der Waals surface area contributed by atoms with Crippen LogP contribution in [0.3, 0.4) is 0 Å². The summed E-state index contributed by atoms with van der Waals surface area (Å²) in [5.74, 6) is -0.937. The van der Waals surface area contributed by atoms with E-state index in [0.29, 0.717) is 10.7 Å². The second kappa shape index (κ2) is 7.93. The minimum atomic E-state index is -4.06. The predicted molar refractivity (Wildman–Crippen MR) is 120 cm³/mol. The summed E-state index contributed by atoms with van der Waals surface area (Å²) < 4.78 is 47.9. The summed E-state index contributed by atoms with van der Waals surface area (Å²) in [7, 11) is -4.06. The Morgan fingerprint density at radius 3 is 2.66 bits per heavy atom. The molecule has 166 valence electrons. The Bertz CT molecular complexity index is 1330. The standard InChI is InChI=1S/C21H19FN4O4S2/c22-14-6-5-13(11-18(14)32(28,29)25-7-9-30-10-8-25)26-12-16(27)19(20(26)23)21-24-15-3-1-2-4-17(15)31-21/h1-6,11,23,27H,7-10,12H2. The Kier molecular flexibility index (Phi) is 5.20. The first-order valence-corrected chi connectivity index (χ1v) is 12.1. The minimum Gasteiger partial charge on any atom is -0.510 e. The third-order valence-electron chi connectivity index (χ3n) is 5.43. The molecule has 1 fully saturated rings. The van der Waals surface area contributed by atoms with Gasteiger partial charge in [-0.25, -0.2) is 17.8 Å². The lowest BCUT2D eigenvalue weighted by Crippen LogP contribution is -2.41. The van der Waals surface area contributed by atoms with Crippen LogP contribution in [-0.2, 0) is 14.8 Å². The van der Waals surface area contributed by atoms with E-state index in [1.807, 2.05) is 24.3 Å². The van der Waals surface area contributed by atoms with Crippen LogP contribution >= 0.6 is 11.3 Å². The van der Waals surface area contributed by atoms with Crippen molar-refractivity contribution in [1.29, 1.82) is 5.41 Å². The Balaban J connectivity index is 1.48. The lowest BCUT2D eigenvalue weighted by Gasteiger charge is -2.27. The van der Waals surface area contributed by atoms with Crippen molar-refractivity contribution >= 4 is 48.7 Å². The monoisotopic (exact) mass is 474 g/mol. The summed E-state index contributed by atoms with van der Waals surface area (Å²) in [4.78, 5) is 5.49. The number of fused-ring (bicyclic) bond motifs is 1. The number of nitrogens with zero attached hydrogens (tertiary/aromatic N) is 3. The van der Waals surface area contributed by atoms with Gasteiger partial charge >= 0.3 is 0 Å². The summed E-state index contributed by atoms with van der Waals surface area (Å²) in [6, 6.07) is 11.2. The van der Waals surface area contributed by atoms with Crippen LogP contribution in [0, 0.1) is 11.2 Å². The highest BCUT2D eigenvalue weighted by atomic mass is 32.2. The van der Waals surface area contributed by atoms with Gasteiger partial charge in [0.1, 0.15) is 27.3 Å². The number of benzene rings is 2. The summed E-state index contributed by atoms with van der Waals surface area (Å²) >= 11 is 1.36. The molecule has 1 aromatic heterocycles. The number of anilines is 1. The van der Waals surface area contributed by atoms with Crippen molar-refractivity contribution in [3.05, 3.63) is 59.0 Å². The normalized spacial score (nSPS) is 18.2. The van der Waals surface area contributed by atoms with Gasteiger partial charge in [0.15, 0.2) is 0 Å². The number of aliphatic hydroxyl groups is 1. The van der Waals surface area contributed by atoms with Gasteiger partial charge in [0, 0.05) is 18.8 Å². The van der Waals surface area contributed by atoms with E-state index in [1.54, 1.807) is 0 Å². The smallest absolute Gasteiger partial charge is 0.246 e. The summed E-state index contributed by atoms with van der Waals surface area (Å²) in [5, 5.41) is 19.7. The zero-order valence-electron chi connectivity index (χ0n) is 16.8. The maximum absolute atomic E-state index is 14.6. The number of hydrogen-bond donors (Lipinski definition) is 2. The summed E-state index contributed by atoms with van der Waals surface area (Å²) in [6.45, 7) is 0.763. The SMILES string of the molecule is N=C1C(c2nc3ccccc3s2)=C(O)CN1c1ccc(F)c(S(=O)(=O)N2CCOCC2)c1. The van der Waals surface area contributed by atoms with E-state index in [0.717, 1.165) is 16.3 Å². The molecule has 2 N–H and O–H groups in total. The molecule has 0 unspecified atom stereocenters. The number of halogens is 1. The van der Waals surface area contributed by atoms with Crippen molar-refractivity contribution in [2.45, 2.75) is 4.90 Å². The molecule has 1 saturated heterocycles. The first kappa shape index (κ1) is 21.0. The molecule has 0 bridgehead atoms. The molecule has 5 rings (SSSR count). The molecule has 0 saturated carbocycles. The fraction of sp³-hybridized carbons (Fsp3) is 0.238. The van der Waals surface area contributed by atoms with Gasteiger partial charge in [0.2, 0.25) is 10.0 Å². The topological polar surface area (TPSA) is 107 Å². The Morgan fingerprint density at radius 1 is 1.16 bits per heavy atom. The molecule has 0 spiro atoms. The molecule has 0 radical (unpaired) electrons. The Hall–Kier alpha value is -2.86. The van der Waals surface area contributed by atoms with Crippen molar-refractivity contribution < 1.29 is 22.7 Å². The van der Waals surface area contributed by atoms with Crippen LogP contribution in [0.4, 0.5) is 10.1 Å². The average molecular weight is 475 g/mol. The van der Waals surface area contributed by atoms with Crippen LogP contribution in [0.5, 0.6) is 0 Å². The number of sulfonamides is 1. The van der Waals surface area contributed by atoms with E-state index < -0.39 is 20.7 Å². The summed E-state index contributed by atoms with van der Waals surface area (Å²) in [6.07, 6.45) is 0. The van der Waals surface area contributed by atoms with E-state index in [1.165, 1.54) is 32.7 Å².